The first-order chi connectivity index (χ1) is 15.1. The number of anilines is 1. The number of ether oxygens (including phenoxy) is 1. The molecule has 0 spiro atoms. The predicted molar refractivity (Wildman–Crippen MR) is 119 cm³/mol. The number of benzene rings is 2. The van der Waals surface area contributed by atoms with E-state index >= 15 is 0 Å². The van der Waals surface area contributed by atoms with Crippen LogP contribution in [-0.2, 0) is 9.84 Å². The van der Waals surface area contributed by atoms with Gasteiger partial charge in [-0.25, -0.2) is 12.8 Å². The first-order valence-corrected chi connectivity index (χ1v) is 12.3. The van der Waals surface area contributed by atoms with Crippen molar-refractivity contribution >= 4 is 21.4 Å². The number of carbonyl (C=O) groups is 1. The molecule has 0 bridgehead atoms. The number of hydrogen-bond acceptors (Lipinski definition) is 6. The van der Waals surface area contributed by atoms with Crippen molar-refractivity contribution < 1.29 is 22.3 Å². The molecular formula is C23H26FN3O4S. The monoisotopic (exact) mass is 459 g/mol. The first kappa shape index (κ1) is 23.5. The van der Waals surface area contributed by atoms with Gasteiger partial charge < -0.3 is 14.5 Å². The van der Waals surface area contributed by atoms with Crippen molar-refractivity contribution in [3.63, 3.8) is 0 Å². The fourth-order valence-electron chi connectivity index (χ4n) is 3.44. The van der Waals surface area contributed by atoms with Gasteiger partial charge in [-0.2, -0.15) is 5.26 Å². The number of carbonyl (C=O) groups excluding carboxylic acids is 1. The number of rotatable bonds is 6. The molecule has 1 aliphatic rings. The van der Waals surface area contributed by atoms with Crippen LogP contribution >= 0.6 is 0 Å². The van der Waals surface area contributed by atoms with Crippen LogP contribution in [0.25, 0.3) is 0 Å². The van der Waals surface area contributed by atoms with Gasteiger partial charge in [-0.1, -0.05) is 6.92 Å². The lowest BCUT2D eigenvalue weighted by molar-refractivity contribution is 0.0739. The van der Waals surface area contributed by atoms with Crippen molar-refractivity contribution in [1.82, 2.24) is 4.90 Å². The molecule has 0 radical (unpaired) electrons. The summed E-state index contributed by atoms with van der Waals surface area (Å²) in [4.78, 5) is 16.9. The van der Waals surface area contributed by atoms with Crippen molar-refractivity contribution in [2.24, 2.45) is 0 Å². The van der Waals surface area contributed by atoms with Gasteiger partial charge in [0.15, 0.2) is 9.84 Å². The maximum absolute atomic E-state index is 14.0. The lowest BCUT2D eigenvalue weighted by Crippen LogP contribution is -2.49. The Hall–Kier alpha value is -3.12. The molecule has 0 N–H and O–H groups in total. The van der Waals surface area contributed by atoms with Crippen LogP contribution in [0.5, 0.6) is 5.75 Å². The average molecular weight is 460 g/mol. The zero-order valence-corrected chi connectivity index (χ0v) is 19.2. The van der Waals surface area contributed by atoms with E-state index in [4.69, 9.17) is 10.00 Å². The van der Waals surface area contributed by atoms with Crippen LogP contribution in [0.4, 0.5) is 10.1 Å². The molecule has 9 heteroatoms. The Labute approximate surface area is 187 Å². The van der Waals surface area contributed by atoms with Gasteiger partial charge in [0, 0.05) is 38.1 Å². The van der Waals surface area contributed by atoms with Gasteiger partial charge in [0.25, 0.3) is 5.91 Å². The molecule has 1 amide bonds. The van der Waals surface area contributed by atoms with Crippen LogP contribution in [0.2, 0.25) is 0 Å². The Bertz CT molecular complexity index is 1150. The molecule has 32 heavy (non-hydrogen) atoms. The molecule has 2 aromatic carbocycles. The number of nitrogens with zero attached hydrogens (tertiary/aromatic N) is 3. The number of piperazine rings is 1. The largest absolute Gasteiger partial charge is 0.490 e. The third kappa shape index (κ3) is 5.19. The molecule has 1 fully saturated rings. The Morgan fingerprint density at radius 1 is 1.19 bits per heavy atom. The van der Waals surface area contributed by atoms with Gasteiger partial charge in [-0.3, -0.25) is 4.79 Å². The predicted octanol–water partition coefficient (Wildman–Crippen LogP) is 3.24. The van der Waals surface area contributed by atoms with E-state index < -0.39 is 15.7 Å². The molecule has 0 aliphatic carbocycles. The highest BCUT2D eigenvalue weighted by atomic mass is 32.2. The SMILES string of the molecule is CCC(C)Oc1ccc(S(C)(=O)=O)cc1C(=O)N1CCN(c2ccc(C#N)c(F)c2)CC1. The second kappa shape index (κ2) is 9.57. The van der Waals surface area contributed by atoms with Crippen molar-refractivity contribution in [3.05, 3.63) is 53.3 Å². The minimum absolute atomic E-state index is 0.0119. The summed E-state index contributed by atoms with van der Waals surface area (Å²) in [6.45, 7) is 5.56. The molecule has 3 rings (SSSR count). The summed E-state index contributed by atoms with van der Waals surface area (Å²) < 4.78 is 43.9. The molecule has 1 aliphatic heterocycles. The van der Waals surface area contributed by atoms with Crippen LogP contribution in [0.3, 0.4) is 0 Å². The normalized spacial score (nSPS) is 15.2. The fraction of sp³-hybridized carbons (Fsp3) is 0.391. The molecule has 1 saturated heterocycles. The molecule has 1 unspecified atom stereocenters. The average Bonchev–Trinajstić information content (AvgIpc) is 2.78. The minimum Gasteiger partial charge on any atom is -0.490 e. The van der Waals surface area contributed by atoms with Crippen molar-refractivity contribution in [2.75, 3.05) is 37.3 Å². The van der Waals surface area contributed by atoms with E-state index in [1.165, 1.54) is 30.3 Å². The highest BCUT2D eigenvalue weighted by molar-refractivity contribution is 7.90. The third-order valence-electron chi connectivity index (χ3n) is 5.52. The zero-order chi connectivity index (χ0) is 23.5. The molecule has 7 nitrogen and oxygen atoms in total. The molecule has 170 valence electrons. The van der Waals surface area contributed by atoms with E-state index in [2.05, 4.69) is 0 Å². The van der Waals surface area contributed by atoms with Crippen LogP contribution in [0.15, 0.2) is 41.3 Å². The van der Waals surface area contributed by atoms with Crippen LogP contribution < -0.4 is 9.64 Å². The topological polar surface area (TPSA) is 90.7 Å². The lowest BCUT2D eigenvalue weighted by Gasteiger charge is -2.36. The number of hydrogen-bond donors (Lipinski definition) is 0. The highest BCUT2D eigenvalue weighted by Gasteiger charge is 2.26. The summed E-state index contributed by atoms with van der Waals surface area (Å²) in [5, 5.41) is 8.89. The van der Waals surface area contributed by atoms with Gasteiger partial charge >= 0.3 is 0 Å². The van der Waals surface area contributed by atoms with E-state index in [0.29, 0.717) is 37.6 Å². The van der Waals surface area contributed by atoms with E-state index in [9.17, 15) is 17.6 Å². The fourth-order valence-corrected chi connectivity index (χ4v) is 4.09. The third-order valence-corrected chi connectivity index (χ3v) is 6.63. The molecule has 1 atom stereocenters. The van der Waals surface area contributed by atoms with E-state index in [0.717, 1.165) is 12.7 Å². The molecular weight excluding hydrogens is 433 g/mol. The lowest BCUT2D eigenvalue weighted by atomic mass is 10.1. The minimum atomic E-state index is -3.49. The first-order valence-electron chi connectivity index (χ1n) is 10.4. The van der Waals surface area contributed by atoms with Crippen LogP contribution in [0, 0.1) is 17.1 Å². The quantitative estimate of drug-likeness (QED) is 0.659. The summed E-state index contributed by atoms with van der Waals surface area (Å²) in [6, 6.07) is 10.6. The van der Waals surface area contributed by atoms with Gasteiger partial charge in [-0.05, 0) is 49.7 Å². The van der Waals surface area contributed by atoms with Crippen LogP contribution in [0.1, 0.15) is 36.2 Å². The summed E-state index contributed by atoms with van der Waals surface area (Å²) >= 11 is 0. The second-order valence-corrected chi connectivity index (χ2v) is 9.84. The van der Waals surface area contributed by atoms with E-state index in [-0.39, 0.29) is 28.0 Å². The van der Waals surface area contributed by atoms with Crippen molar-refractivity contribution in [1.29, 1.82) is 5.26 Å². The Kier molecular flexibility index (Phi) is 7.04. The van der Waals surface area contributed by atoms with E-state index in [1.54, 1.807) is 17.0 Å². The molecule has 2 aromatic rings. The maximum atomic E-state index is 14.0. The number of sulfone groups is 1. The Morgan fingerprint density at radius 3 is 2.44 bits per heavy atom. The van der Waals surface area contributed by atoms with Gasteiger partial charge in [0.1, 0.15) is 17.6 Å². The van der Waals surface area contributed by atoms with Crippen molar-refractivity contribution in [3.8, 4) is 11.8 Å². The Morgan fingerprint density at radius 2 is 1.88 bits per heavy atom. The standard InChI is InChI=1S/C23H26FN3O4S/c1-4-16(2)31-22-8-7-19(32(3,29)30)14-20(22)23(28)27-11-9-26(10-12-27)18-6-5-17(15-25)21(24)13-18/h5-8,13-14,16H,4,9-12H2,1-3H3. The molecule has 0 aromatic heterocycles. The summed E-state index contributed by atoms with van der Waals surface area (Å²) in [5.41, 5.74) is 0.849. The number of nitriles is 1. The van der Waals surface area contributed by atoms with E-state index in [1.807, 2.05) is 18.7 Å². The highest BCUT2D eigenvalue weighted by Crippen LogP contribution is 2.27. The smallest absolute Gasteiger partial charge is 0.257 e. The zero-order valence-electron chi connectivity index (χ0n) is 18.3. The molecule has 0 saturated carbocycles. The van der Waals surface area contributed by atoms with Crippen molar-refractivity contribution in [2.45, 2.75) is 31.3 Å². The van der Waals surface area contributed by atoms with Gasteiger partial charge in [0.05, 0.1) is 22.1 Å². The van der Waals surface area contributed by atoms with Gasteiger partial charge in [-0.15, -0.1) is 0 Å². The summed E-state index contributed by atoms with van der Waals surface area (Å²) in [7, 11) is -3.49. The summed E-state index contributed by atoms with van der Waals surface area (Å²) in [6.07, 6.45) is 1.71. The second-order valence-electron chi connectivity index (χ2n) is 7.82. The number of halogens is 1. The molecule has 1 heterocycles. The number of amides is 1. The Balaban J connectivity index is 1.80. The van der Waals surface area contributed by atoms with Gasteiger partial charge in [0.2, 0.25) is 0 Å². The maximum Gasteiger partial charge on any atom is 0.257 e. The van der Waals surface area contributed by atoms with Crippen LogP contribution in [-0.4, -0.2) is 57.8 Å². The summed E-state index contributed by atoms with van der Waals surface area (Å²) in [5.74, 6) is -0.527.